The van der Waals surface area contributed by atoms with Crippen LogP contribution in [-0.4, -0.2) is 23.0 Å². The van der Waals surface area contributed by atoms with Gasteiger partial charge in [-0.25, -0.2) is 0 Å². The lowest BCUT2D eigenvalue weighted by molar-refractivity contribution is -0.540. The molecule has 2 atom stereocenters. The fourth-order valence-electron chi connectivity index (χ4n) is 2.52. The van der Waals surface area contributed by atoms with Gasteiger partial charge in [0.15, 0.2) is 0 Å². The Morgan fingerprint density at radius 2 is 2.26 bits per heavy atom. The van der Waals surface area contributed by atoms with E-state index in [0.29, 0.717) is 0 Å². The van der Waals surface area contributed by atoms with Gasteiger partial charge in [-0.2, -0.15) is 0 Å². The largest absolute Gasteiger partial charge is 0.312 e. The van der Waals surface area contributed by atoms with Crippen molar-refractivity contribution in [2.24, 2.45) is 11.3 Å². The van der Waals surface area contributed by atoms with Gasteiger partial charge in [0.1, 0.15) is 5.78 Å². The summed E-state index contributed by atoms with van der Waals surface area (Å²) in [5, 5.41) is 18.6. The smallest absolute Gasteiger partial charge is 0.222 e. The van der Waals surface area contributed by atoms with Gasteiger partial charge in [-0.15, -0.1) is 0 Å². The number of carbonyl (C=O) groups excluding carboxylic acids is 1. The molecule has 0 saturated carbocycles. The van der Waals surface area contributed by atoms with Crippen molar-refractivity contribution in [1.29, 1.82) is 5.41 Å². The Labute approximate surface area is 113 Å². The molecule has 0 aromatic heterocycles. The number of carbonyl (C=O) groups is 1. The monoisotopic (exact) mass is 264 g/mol. The van der Waals surface area contributed by atoms with E-state index in [4.69, 9.17) is 5.41 Å². The molecule has 0 spiro atoms. The van der Waals surface area contributed by atoms with Gasteiger partial charge in [-0.05, 0) is 6.92 Å². The number of nitro groups is 1. The minimum atomic E-state index is -0.815. The highest BCUT2D eigenvalue weighted by Crippen LogP contribution is 2.34. The second-order valence-corrected chi connectivity index (χ2v) is 5.69. The molecule has 104 valence electrons. The van der Waals surface area contributed by atoms with Gasteiger partial charge in [0, 0.05) is 35.3 Å². The molecular weight excluding hydrogens is 244 g/mol. The van der Waals surface area contributed by atoms with Crippen LogP contribution in [0.25, 0.3) is 0 Å². The molecule has 0 fully saturated rings. The van der Waals surface area contributed by atoms with Crippen LogP contribution in [0, 0.1) is 26.9 Å². The van der Waals surface area contributed by atoms with Gasteiger partial charge >= 0.3 is 0 Å². The summed E-state index contributed by atoms with van der Waals surface area (Å²) >= 11 is 0. The molecule has 0 aromatic carbocycles. The van der Waals surface area contributed by atoms with Crippen LogP contribution in [0.3, 0.4) is 0 Å². The maximum atomic E-state index is 11.3. The van der Waals surface area contributed by atoms with Crippen LogP contribution in [0.1, 0.15) is 33.6 Å². The molecule has 0 aliphatic heterocycles. The van der Waals surface area contributed by atoms with Gasteiger partial charge in [0.05, 0.1) is 0 Å². The molecular formula is C14H20N2O3. The predicted octanol–water partition coefficient (Wildman–Crippen LogP) is 2.79. The van der Waals surface area contributed by atoms with Crippen molar-refractivity contribution in [3.63, 3.8) is 0 Å². The lowest BCUT2D eigenvalue weighted by Gasteiger charge is -2.28. The van der Waals surface area contributed by atoms with E-state index in [2.05, 4.69) is 0 Å². The average molecular weight is 264 g/mol. The molecule has 0 saturated heterocycles. The first-order valence-electron chi connectivity index (χ1n) is 6.28. The van der Waals surface area contributed by atoms with Crippen molar-refractivity contribution >= 4 is 12.0 Å². The standard InChI is InChI=1S/C14H20N2O3/c1-10(17)8-14(2,3)13(16(18)19)7-11-5-4-6-12(11)9-15/h4-6,9,12-13,15H,7-8H2,1-3H3. The summed E-state index contributed by atoms with van der Waals surface area (Å²) in [5.74, 6) is -0.186. The molecule has 0 amide bonds. The summed E-state index contributed by atoms with van der Waals surface area (Å²) in [7, 11) is 0. The van der Waals surface area contributed by atoms with Gasteiger partial charge < -0.3 is 10.2 Å². The molecule has 1 aliphatic carbocycles. The highest BCUT2D eigenvalue weighted by Gasteiger charge is 2.40. The SMILES string of the molecule is CC(=O)CC(C)(C)C(CC1=CC=CC1C=N)[N+](=O)[O-]. The van der Waals surface area contributed by atoms with Crippen LogP contribution in [0.4, 0.5) is 0 Å². The van der Waals surface area contributed by atoms with Crippen LogP contribution in [0.5, 0.6) is 0 Å². The maximum absolute atomic E-state index is 11.3. The van der Waals surface area contributed by atoms with Gasteiger partial charge in [0.25, 0.3) is 0 Å². The zero-order valence-electron chi connectivity index (χ0n) is 11.6. The molecule has 1 rings (SSSR count). The summed E-state index contributed by atoms with van der Waals surface area (Å²) in [6.45, 7) is 4.96. The van der Waals surface area contributed by atoms with Crippen LogP contribution < -0.4 is 0 Å². The lowest BCUT2D eigenvalue weighted by Crippen LogP contribution is -2.38. The Bertz CT molecular complexity index is 450. The molecule has 0 aromatic rings. The molecule has 1 N–H and O–H groups in total. The van der Waals surface area contributed by atoms with E-state index in [1.165, 1.54) is 13.1 Å². The van der Waals surface area contributed by atoms with Crippen molar-refractivity contribution in [1.82, 2.24) is 0 Å². The van der Waals surface area contributed by atoms with Crippen molar-refractivity contribution in [2.75, 3.05) is 0 Å². The minimum absolute atomic E-state index is 0.0426. The molecule has 0 heterocycles. The van der Waals surface area contributed by atoms with Gasteiger partial charge in [-0.1, -0.05) is 37.6 Å². The van der Waals surface area contributed by atoms with E-state index in [-0.39, 0.29) is 29.5 Å². The third kappa shape index (κ3) is 3.84. The highest BCUT2D eigenvalue weighted by molar-refractivity contribution is 5.76. The van der Waals surface area contributed by atoms with E-state index in [1.807, 2.05) is 18.2 Å². The summed E-state index contributed by atoms with van der Waals surface area (Å²) in [6, 6.07) is -0.815. The molecule has 0 radical (unpaired) electrons. The third-order valence-electron chi connectivity index (χ3n) is 3.53. The Morgan fingerprint density at radius 1 is 1.63 bits per heavy atom. The quantitative estimate of drug-likeness (QED) is 0.436. The maximum Gasteiger partial charge on any atom is 0.222 e. The second-order valence-electron chi connectivity index (χ2n) is 5.69. The van der Waals surface area contributed by atoms with Crippen molar-refractivity contribution in [2.45, 2.75) is 39.7 Å². The molecule has 19 heavy (non-hydrogen) atoms. The molecule has 5 heteroatoms. The molecule has 0 bridgehead atoms. The first-order chi connectivity index (χ1) is 8.77. The van der Waals surface area contributed by atoms with Crippen LogP contribution in [0.15, 0.2) is 23.8 Å². The number of Topliss-reactive ketones (excluding diaryl/α,β-unsaturated/α-hetero) is 1. The van der Waals surface area contributed by atoms with Crippen molar-refractivity contribution < 1.29 is 9.72 Å². The molecule has 2 unspecified atom stereocenters. The Kier molecular flexibility index (Phi) is 4.75. The number of hydrogen-bond donors (Lipinski definition) is 1. The van der Waals surface area contributed by atoms with E-state index in [0.717, 1.165) is 5.57 Å². The Hall–Kier alpha value is -1.78. The fraction of sp³-hybridized carbons (Fsp3) is 0.571. The van der Waals surface area contributed by atoms with E-state index < -0.39 is 11.5 Å². The lowest BCUT2D eigenvalue weighted by atomic mass is 9.76. The average Bonchev–Trinajstić information content (AvgIpc) is 2.70. The second kappa shape index (κ2) is 5.91. The zero-order valence-corrected chi connectivity index (χ0v) is 11.6. The normalized spacial score (nSPS) is 19.9. The number of ketones is 1. The van der Waals surface area contributed by atoms with Gasteiger partial charge in [0.2, 0.25) is 6.04 Å². The van der Waals surface area contributed by atoms with Crippen molar-refractivity contribution in [3.05, 3.63) is 33.9 Å². The third-order valence-corrected chi connectivity index (χ3v) is 3.53. The van der Waals surface area contributed by atoms with E-state index >= 15 is 0 Å². The number of hydrogen-bond acceptors (Lipinski definition) is 4. The van der Waals surface area contributed by atoms with E-state index in [1.54, 1.807) is 13.8 Å². The first-order valence-corrected chi connectivity index (χ1v) is 6.28. The Balaban J connectivity index is 2.88. The topological polar surface area (TPSA) is 84.1 Å². The number of rotatable bonds is 7. The van der Waals surface area contributed by atoms with Crippen LogP contribution in [-0.2, 0) is 4.79 Å². The summed E-state index contributed by atoms with van der Waals surface area (Å²) in [5.41, 5.74) is 0.180. The molecule has 5 nitrogen and oxygen atoms in total. The first kappa shape index (κ1) is 15.3. The van der Waals surface area contributed by atoms with Gasteiger partial charge in [-0.3, -0.25) is 10.1 Å². The van der Waals surface area contributed by atoms with Crippen LogP contribution in [0.2, 0.25) is 0 Å². The highest BCUT2D eigenvalue weighted by atomic mass is 16.6. The minimum Gasteiger partial charge on any atom is -0.312 e. The number of allylic oxidation sites excluding steroid dienone is 3. The number of nitrogens with one attached hydrogen (secondary N) is 1. The summed E-state index contributed by atoms with van der Waals surface area (Å²) in [4.78, 5) is 22.3. The Morgan fingerprint density at radius 3 is 2.74 bits per heavy atom. The summed E-state index contributed by atoms with van der Waals surface area (Å²) in [6.07, 6.45) is 7.24. The van der Waals surface area contributed by atoms with E-state index in [9.17, 15) is 14.9 Å². The number of nitrogens with zero attached hydrogens (tertiary/aromatic N) is 1. The summed E-state index contributed by atoms with van der Waals surface area (Å²) < 4.78 is 0. The fourth-order valence-corrected chi connectivity index (χ4v) is 2.52. The predicted molar refractivity (Wildman–Crippen MR) is 74.0 cm³/mol. The van der Waals surface area contributed by atoms with Crippen molar-refractivity contribution in [3.8, 4) is 0 Å². The van der Waals surface area contributed by atoms with Crippen LogP contribution >= 0.6 is 0 Å². The molecule has 1 aliphatic rings. The zero-order chi connectivity index (χ0) is 14.6.